The second kappa shape index (κ2) is 4.46. The summed E-state index contributed by atoms with van der Waals surface area (Å²) in [6, 6.07) is 7.14. The SMILES string of the molecule is CC=C(C(=O)OC)c1cccc(N)c1. The van der Waals surface area contributed by atoms with Crippen LogP contribution in [0.2, 0.25) is 0 Å². The highest BCUT2D eigenvalue weighted by atomic mass is 16.5. The molecular weight excluding hydrogens is 178 g/mol. The van der Waals surface area contributed by atoms with E-state index >= 15 is 0 Å². The summed E-state index contributed by atoms with van der Waals surface area (Å²) >= 11 is 0. The van der Waals surface area contributed by atoms with Gasteiger partial charge in [0.25, 0.3) is 0 Å². The van der Waals surface area contributed by atoms with Gasteiger partial charge in [0.05, 0.1) is 12.7 Å². The largest absolute Gasteiger partial charge is 0.465 e. The molecule has 3 heteroatoms. The summed E-state index contributed by atoms with van der Waals surface area (Å²) < 4.78 is 4.65. The van der Waals surface area contributed by atoms with Gasteiger partial charge >= 0.3 is 5.97 Å². The van der Waals surface area contributed by atoms with E-state index in [0.717, 1.165) is 5.56 Å². The van der Waals surface area contributed by atoms with E-state index in [0.29, 0.717) is 11.3 Å². The van der Waals surface area contributed by atoms with Crippen LogP contribution >= 0.6 is 0 Å². The second-order valence-electron chi connectivity index (χ2n) is 2.82. The first-order chi connectivity index (χ1) is 6.69. The minimum absolute atomic E-state index is 0.349. The van der Waals surface area contributed by atoms with E-state index in [9.17, 15) is 4.79 Å². The van der Waals surface area contributed by atoms with Crippen molar-refractivity contribution in [1.29, 1.82) is 0 Å². The van der Waals surface area contributed by atoms with Crippen molar-refractivity contribution in [3.63, 3.8) is 0 Å². The Morgan fingerprint density at radius 1 is 1.50 bits per heavy atom. The summed E-state index contributed by atoms with van der Waals surface area (Å²) in [5.41, 5.74) is 7.55. The number of anilines is 1. The lowest BCUT2D eigenvalue weighted by molar-refractivity contribution is -0.133. The van der Waals surface area contributed by atoms with Crippen molar-refractivity contribution in [3.05, 3.63) is 35.9 Å². The Kier molecular flexibility index (Phi) is 3.29. The zero-order chi connectivity index (χ0) is 10.6. The maximum Gasteiger partial charge on any atom is 0.338 e. The van der Waals surface area contributed by atoms with Crippen molar-refractivity contribution in [3.8, 4) is 0 Å². The third-order valence-corrected chi connectivity index (χ3v) is 1.89. The fraction of sp³-hybridized carbons (Fsp3) is 0.182. The van der Waals surface area contributed by atoms with Crippen molar-refractivity contribution < 1.29 is 9.53 Å². The highest BCUT2D eigenvalue weighted by Gasteiger charge is 2.10. The number of methoxy groups -OCH3 is 1. The predicted molar refractivity (Wildman–Crippen MR) is 56.5 cm³/mol. The molecule has 0 unspecified atom stereocenters. The number of nitrogens with two attached hydrogens (primary N) is 1. The van der Waals surface area contributed by atoms with Gasteiger partial charge in [-0.3, -0.25) is 0 Å². The molecule has 0 aliphatic heterocycles. The maximum absolute atomic E-state index is 11.3. The molecule has 1 rings (SSSR count). The lowest BCUT2D eigenvalue weighted by Crippen LogP contribution is -2.03. The van der Waals surface area contributed by atoms with Crippen molar-refractivity contribution in [1.82, 2.24) is 0 Å². The second-order valence-corrected chi connectivity index (χ2v) is 2.82. The Bertz CT molecular complexity index is 369. The number of hydrogen-bond donors (Lipinski definition) is 1. The van der Waals surface area contributed by atoms with Gasteiger partial charge in [0.2, 0.25) is 0 Å². The molecule has 1 aromatic rings. The molecule has 0 bridgehead atoms. The molecule has 2 N–H and O–H groups in total. The molecule has 0 aliphatic carbocycles. The Morgan fingerprint density at radius 2 is 2.21 bits per heavy atom. The number of carbonyl (C=O) groups is 1. The molecule has 0 heterocycles. The smallest absolute Gasteiger partial charge is 0.338 e. The number of hydrogen-bond acceptors (Lipinski definition) is 3. The molecule has 0 atom stereocenters. The molecule has 0 radical (unpaired) electrons. The van der Waals surface area contributed by atoms with Crippen molar-refractivity contribution in [2.24, 2.45) is 0 Å². The molecule has 0 saturated carbocycles. The third kappa shape index (κ3) is 2.13. The zero-order valence-corrected chi connectivity index (χ0v) is 8.28. The van der Waals surface area contributed by atoms with E-state index < -0.39 is 0 Å². The molecule has 0 aliphatic rings. The molecule has 0 aromatic heterocycles. The number of esters is 1. The number of ether oxygens (including phenoxy) is 1. The number of rotatable bonds is 2. The van der Waals surface area contributed by atoms with E-state index in [4.69, 9.17) is 5.73 Å². The van der Waals surface area contributed by atoms with Crippen molar-refractivity contribution in [2.45, 2.75) is 6.92 Å². The summed E-state index contributed by atoms with van der Waals surface area (Å²) in [5.74, 6) is -0.349. The minimum atomic E-state index is -0.349. The molecule has 0 saturated heterocycles. The monoisotopic (exact) mass is 191 g/mol. The highest BCUT2D eigenvalue weighted by Crippen LogP contribution is 2.18. The van der Waals surface area contributed by atoms with Crippen LogP contribution in [-0.2, 0) is 9.53 Å². The van der Waals surface area contributed by atoms with Crippen LogP contribution in [0.3, 0.4) is 0 Å². The molecular formula is C11H13NO2. The normalized spacial score (nSPS) is 11.1. The van der Waals surface area contributed by atoms with Crippen LogP contribution in [-0.4, -0.2) is 13.1 Å². The van der Waals surface area contributed by atoms with Crippen LogP contribution in [0.1, 0.15) is 12.5 Å². The van der Waals surface area contributed by atoms with Crippen LogP contribution < -0.4 is 5.73 Å². The van der Waals surface area contributed by atoms with Crippen LogP contribution in [0.4, 0.5) is 5.69 Å². The zero-order valence-electron chi connectivity index (χ0n) is 8.28. The van der Waals surface area contributed by atoms with E-state index in [1.807, 2.05) is 6.07 Å². The first-order valence-corrected chi connectivity index (χ1v) is 4.29. The van der Waals surface area contributed by atoms with E-state index in [1.165, 1.54) is 7.11 Å². The van der Waals surface area contributed by atoms with Crippen LogP contribution in [0, 0.1) is 0 Å². The average Bonchev–Trinajstić information content (AvgIpc) is 2.19. The minimum Gasteiger partial charge on any atom is -0.465 e. The van der Waals surface area contributed by atoms with Gasteiger partial charge in [-0.15, -0.1) is 0 Å². The van der Waals surface area contributed by atoms with Gasteiger partial charge in [-0.05, 0) is 24.6 Å². The summed E-state index contributed by atoms with van der Waals surface area (Å²) in [6.45, 7) is 1.79. The first kappa shape index (κ1) is 10.3. The van der Waals surface area contributed by atoms with Gasteiger partial charge in [-0.25, -0.2) is 4.79 Å². The number of carbonyl (C=O) groups excluding carboxylic acids is 1. The summed E-state index contributed by atoms with van der Waals surface area (Å²) in [7, 11) is 1.36. The molecule has 0 spiro atoms. The lowest BCUT2D eigenvalue weighted by atomic mass is 10.1. The van der Waals surface area contributed by atoms with Gasteiger partial charge < -0.3 is 10.5 Å². The quantitative estimate of drug-likeness (QED) is 0.441. The van der Waals surface area contributed by atoms with Gasteiger partial charge in [0, 0.05) is 5.69 Å². The van der Waals surface area contributed by atoms with Crippen LogP contribution in [0.15, 0.2) is 30.3 Å². The number of allylic oxidation sites excluding steroid dienone is 1. The van der Waals surface area contributed by atoms with Crippen LogP contribution in [0.5, 0.6) is 0 Å². The van der Waals surface area contributed by atoms with Gasteiger partial charge in [0.1, 0.15) is 0 Å². The van der Waals surface area contributed by atoms with Crippen molar-refractivity contribution in [2.75, 3.05) is 12.8 Å². The number of nitrogen functional groups attached to an aromatic ring is 1. The first-order valence-electron chi connectivity index (χ1n) is 4.29. The summed E-state index contributed by atoms with van der Waals surface area (Å²) in [5, 5.41) is 0. The average molecular weight is 191 g/mol. The highest BCUT2D eigenvalue weighted by molar-refractivity contribution is 6.16. The number of benzene rings is 1. The third-order valence-electron chi connectivity index (χ3n) is 1.89. The van der Waals surface area contributed by atoms with Crippen molar-refractivity contribution >= 4 is 17.2 Å². The Hall–Kier alpha value is -1.77. The fourth-order valence-electron chi connectivity index (χ4n) is 1.22. The maximum atomic E-state index is 11.3. The molecule has 1 aromatic carbocycles. The van der Waals surface area contributed by atoms with E-state index in [1.54, 1.807) is 31.2 Å². The Labute approximate surface area is 83.2 Å². The summed E-state index contributed by atoms with van der Waals surface area (Å²) in [6.07, 6.45) is 1.71. The summed E-state index contributed by atoms with van der Waals surface area (Å²) in [4.78, 5) is 11.3. The van der Waals surface area contributed by atoms with Gasteiger partial charge in [-0.1, -0.05) is 18.2 Å². The Morgan fingerprint density at radius 3 is 2.71 bits per heavy atom. The topological polar surface area (TPSA) is 52.3 Å². The molecule has 0 amide bonds. The van der Waals surface area contributed by atoms with Gasteiger partial charge in [-0.2, -0.15) is 0 Å². The lowest BCUT2D eigenvalue weighted by Gasteiger charge is -2.05. The molecule has 0 fully saturated rings. The molecule has 74 valence electrons. The van der Waals surface area contributed by atoms with Gasteiger partial charge in [0.15, 0.2) is 0 Å². The molecule has 14 heavy (non-hydrogen) atoms. The predicted octanol–water partition coefficient (Wildman–Crippen LogP) is 1.85. The fourth-order valence-corrected chi connectivity index (χ4v) is 1.22. The van der Waals surface area contributed by atoms with E-state index in [2.05, 4.69) is 4.74 Å². The standard InChI is InChI=1S/C11H13NO2/c1-3-10(11(13)14-2)8-5-4-6-9(12)7-8/h3-7H,12H2,1-2H3. The van der Waals surface area contributed by atoms with Crippen LogP contribution in [0.25, 0.3) is 5.57 Å². The van der Waals surface area contributed by atoms with E-state index in [-0.39, 0.29) is 5.97 Å². The Balaban J connectivity index is 3.08. The molecule has 3 nitrogen and oxygen atoms in total.